The van der Waals surface area contributed by atoms with Crippen LogP contribution in [0.1, 0.15) is 28.8 Å². The lowest BCUT2D eigenvalue weighted by atomic mass is 10.1. The van der Waals surface area contributed by atoms with Crippen molar-refractivity contribution in [3.8, 4) is 11.8 Å². The second kappa shape index (κ2) is 7.64. The lowest BCUT2D eigenvalue weighted by Crippen LogP contribution is -2.26. The number of alkyl halides is 3. The summed E-state index contributed by atoms with van der Waals surface area (Å²) in [5, 5.41) is 2.24. The van der Waals surface area contributed by atoms with Crippen LogP contribution in [0.25, 0.3) is 0 Å². The van der Waals surface area contributed by atoms with Gasteiger partial charge in [-0.1, -0.05) is 11.8 Å². The van der Waals surface area contributed by atoms with Crippen molar-refractivity contribution in [2.45, 2.75) is 19.0 Å². The number of amides is 1. The number of carbonyl (C=O) groups is 1. The van der Waals surface area contributed by atoms with Crippen molar-refractivity contribution in [2.24, 2.45) is 5.73 Å². The van der Waals surface area contributed by atoms with E-state index in [9.17, 15) is 22.4 Å². The van der Waals surface area contributed by atoms with Crippen LogP contribution in [0.2, 0.25) is 0 Å². The second-order valence-corrected chi connectivity index (χ2v) is 4.18. The van der Waals surface area contributed by atoms with E-state index < -0.39 is 24.3 Å². The lowest BCUT2D eigenvalue weighted by Gasteiger charge is -2.08. The van der Waals surface area contributed by atoms with Crippen molar-refractivity contribution in [3.63, 3.8) is 0 Å². The SMILES string of the molecule is NCC#Cc1ccc(C(=O)NCCCC(F)(F)F)c(F)c1. The van der Waals surface area contributed by atoms with Gasteiger partial charge in [0.2, 0.25) is 0 Å². The summed E-state index contributed by atoms with van der Waals surface area (Å²) in [6.07, 6.45) is -5.51. The minimum atomic E-state index is -4.26. The summed E-state index contributed by atoms with van der Waals surface area (Å²) in [6, 6.07) is 3.75. The van der Waals surface area contributed by atoms with Gasteiger partial charge in [0.15, 0.2) is 0 Å². The predicted octanol–water partition coefficient (Wildman–Crippen LogP) is 2.21. The Balaban J connectivity index is 2.58. The van der Waals surface area contributed by atoms with Crippen LogP contribution < -0.4 is 11.1 Å². The van der Waals surface area contributed by atoms with Gasteiger partial charge in [0.05, 0.1) is 12.1 Å². The molecule has 1 aromatic rings. The van der Waals surface area contributed by atoms with Gasteiger partial charge in [0.25, 0.3) is 5.91 Å². The van der Waals surface area contributed by atoms with Crippen molar-refractivity contribution >= 4 is 5.91 Å². The van der Waals surface area contributed by atoms with Crippen LogP contribution >= 0.6 is 0 Å². The number of nitrogens with one attached hydrogen (secondary N) is 1. The summed E-state index contributed by atoms with van der Waals surface area (Å²) in [5.74, 6) is 3.61. The third-order valence-corrected chi connectivity index (χ3v) is 2.47. The quantitative estimate of drug-likeness (QED) is 0.509. The highest BCUT2D eigenvalue weighted by molar-refractivity contribution is 5.94. The van der Waals surface area contributed by atoms with Crippen molar-refractivity contribution in [1.82, 2.24) is 5.32 Å². The fourth-order valence-corrected chi connectivity index (χ4v) is 1.52. The summed E-state index contributed by atoms with van der Waals surface area (Å²) in [5.41, 5.74) is 5.31. The number of hydrogen-bond donors (Lipinski definition) is 2. The normalized spacial score (nSPS) is 10.7. The molecule has 1 amide bonds. The van der Waals surface area contributed by atoms with Gasteiger partial charge in [0, 0.05) is 18.5 Å². The van der Waals surface area contributed by atoms with E-state index >= 15 is 0 Å². The Morgan fingerprint density at radius 1 is 1.33 bits per heavy atom. The molecule has 0 atom stereocenters. The Bertz CT molecular complexity index is 558. The molecule has 0 spiro atoms. The zero-order valence-corrected chi connectivity index (χ0v) is 11.1. The first-order valence-electron chi connectivity index (χ1n) is 6.17. The van der Waals surface area contributed by atoms with Crippen LogP contribution in [0.3, 0.4) is 0 Å². The molecule has 0 unspecified atom stereocenters. The minimum absolute atomic E-state index is 0.128. The van der Waals surface area contributed by atoms with E-state index in [0.717, 1.165) is 6.07 Å². The Kier molecular flexibility index (Phi) is 6.18. The van der Waals surface area contributed by atoms with E-state index in [1.54, 1.807) is 0 Å². The van der Waals surface area contributed by atoms with Crippen LogP contribution in [-0.2, 0) is 0 Å². The van der Waals surface area contributed by atoms with Gasteiger partial charge in [-0.25, -0.2) is 4.39 Å². The molecule has 0 heterocycles. The second-order valence-electron chi connectivity index (χ2n) is 4.18. The van der Waals surface area contributed by atoms with Crippen LogP contribution in [0.4, 0.5) is 17.6 Å². The van der Waals surface area contributed by atoms with Crippen molar-refractivity contribution in [1.29, 1.82) is 0 Å². The smallest absolute Gasteiger partial charge is 0.352 e. The molecule has 0 bridgehead atoms. The maximum atomic E-state index is 13.7. The minimum Gasteiger partial charge on any atom is -0.352 e. The Morgan fingerprint density at radius 3 is 2.62 bits per heavy atom. The molecule has 0 aliphatic carbocycles. The van der Waals surface area contributed by atoms with Gasteiger partial charge in [-0.15, -0.1) is 0 Å². The van der Waals surface area contributed by atoms with E-state index in [0.29, 0.717) is 5.56 Å². The van der Waals surface area contributed by atoms with E-state index in [1.165, 1.54) is 12.1 Å². The van der Waals surface area contributed by atoms with Gasteiger partial charge in [-0.05, 0) is 24.6 Å². The number of nitrogens with two attached hydrogens (primary N) is 1. The highest BCUT2D eigenvalue weighted by Crippen LogP contribution is 2.20. The van der Waals surface area contributed by atoms with Crippen LogP contribution in [0.5, 0.6) is 0 Å². The molecular formula is C14H14F4N2O. The Hall–Kier alpha value is -2.07. The molecule has 3 N–H and O–H groups in total. The van der Waals surface area contributed by atoms with Crippen molar-refractivity contribution in [2.75, 3.05) is 13.1 Å². The van der Waals surface area contributed by atoms with Gasteiger partial charge in [0.1, 0.15) is 5.82 Å². The largest absolute Gasteiger partial charge is 0.389 e. The molecule has 21 heavy (non-hydrogen) atoms. The summed E-state index contributed by atoms with van der Waals surface area (Å²) < 4.78 is 49.4. The monoisotopic (exact) mass is 302 g/mol. The molecule has 0 saturated heterocycles. The summed E-state index contributed by atoms with van der Waals surface area (Å²) >= 11 is 0. The average Bonchev–Trinajstić information content (AvgIpc) is 2.40. The molecule has 0 aliphatic heterocycles. The van der Waals surface area contributed by atoms with Gasteiger partial charge < -0.3 is 11.1 Å². The maximum absolute atomic E-state index is 13.7. The molecule has 3 nitrogen and oxygen atoms in total. The number of carbonyl (C=O) groups excluding carboxylic acids is 1. The van der Waals surface area contributed by atoms with E-state index in [1.807, 2.05) is 0 Å². The van der Waals surface area contributed by atoms with Crippen molar-refractivity contribution in [3.05, 3.63) is 35.1 Å². The number of hydrogen-bond acceptors (Lipinski definition) is 2. The molecule has 1 aromatic carbocycles. The summed E-state index contributed by atoms with van der Waals surface area (Å²) in [6.45, 7) is -0.0461. The van der Waals surface area contributed by atoms with E-state index in [2.05, 4.69) is 17.2 Å². The first kappa shape index (κ1) is 17.0. The fraction of sp³-hybridized carbons (Fsp3) is 0.357. The first-order valence-corrected chi connectivity index (χ1v) is 6.17. The third-order valence-electron chi connectivity index (χ3n) is 2.47. The van der Waals surface area contributed by atoms with Crippen LogP contribution in [0.15, 0.2) is 18.2 Å². The maximum Gasteiger partial charge on any atom is 0.389 e. The van der Waals surface area contributed by atoms with E-state index in [4.69, 9.17) is 5.73 Å². The van der Waals surface area contributed by atoms with Crippen LogP contribution in [-0.4, -0.2) is 25.2 Å². The third kappa shape index (κ3) is 6.27. The molecule has 0 saturated carbocycles. The fourth-order valence-electron chi connectivity index (χ4n) is 1.52. The standard InChI is InChI=1S/C14H14F4N2O/c15-12-9-10(3-1-7-19)4-5-11(12)13(21)20-8-2-6-14(16,17)18/h4-5,9H,2,6-8,19H2,(H,20,21). The molecule has 7 heteroatoms. The number of rotatable bonds is 4. The molecule has 0 aliphatic rings. The zero-order chi connectivity index (χ0) is 15.9. The van der Waals surface area contributed by atoms with Gasteiger partial charge in [-0.2, -0.15) is 13.2 Å². The van der Waals surface area contributed by atoms with Crippen LogP contribution in [0, 0.1) is 17.7 Å². The highest BCUT2D eigenvalue weighted by Gasteiger charge is 2.26. The molecule has 1 rings (SSSR count). The van der Waals surface area contributed by atoms with Gasteiger partial charge >= 0.3 is 6.18 Å². The molecular weight excluding hydrogens is 288 g/mol. The Labute approximate surface area is 119 Å². The van der Waals surface area contributed by atoms with E-state index in [-0.39, 0.29) is 25.1 Å². The predicted molar refractivity (Wildman–Crippen MR) is 70.0 cm³/mol. The van der Waals surface area contributed by atoms with Crippen molar-refractivity contribution < 1.29 is 22.4 Å². The zero-order valence-electron chi connectivity index (χ0n) is 11.1. The summed E-state index contributed by atoms with van der Waals surface area (Å²) in [4.78, 5) is 11.6. The Morgan fingerprint density at radius 2 is 2.05 bits per heavy atom. The molecule has 0 aromatic heterocycles. The first-order chi connectivity index (χ1) is 9.83. The molecule has 0 fully saturated rings. The highest BCUT2D eigenvalue weighted by atomic mass is 19.4. The number of halogens is 4. The molecule has 114 valence electrons. The lowest BCUT2D eigenvalue weighted by molar-refractivity contribution is -0.135. The van der Waals surface area contributed by atoms with Gasteiger partial charge in [-0.3, -0.25) is 4.79 Å². The average molecular weight is 302 g/mol. The number of benzene rings is 1. The summed E-state index contributed by atoms with van der Waals surface area (Å²) in [7, 11) is 0. The topological polar surface area (TPSA) is 55.1 Å². The molecule has 0 radical (unpaired) electrons.